The summed E-state index contributed by atoms with van der Waals surface area (Å²) < 4.78 is 1.15. The minimum absolute atomic E-state index is 0.496. The molecule has 0 aromatic heterocycles. The molecule has 0 aliphatic carbocycles. The maximum Gasteiger partial charge on any atom is 0.0347 e. The highest BCUT2D eigenvalue weighted by Crippen LogP contribution is 2.29. The molecule has 0 amide bonds. The highest BCUT2D eigenvalue weighted by Gasteiger charge is 2.23. The summed E-state index contributed by atoms with van der Waals surface area (Å²) >= 11 is 3.48. The van der Waals surface area contributed by atoms with Gasteiger partial charge in [-0.1, -0.05) is 28.1 Å². The van der Waals surface area contributed by atoms with E-state index in [-0.39, 0.29) is 0 Å². The molecule has 0 radical (unpaired) electrons. The van der Waals surface area contributed by atoms with E-state index in [4.69, 9.17) is 0 Å². The van der Waals surface area contributed by atoms with Crippen LogP contribution in [-0.4, -0.2) is 20.1 Å². The molecule has 1 saturated heterocycles. The van der Waals surface area contributed by atoms with Crippen LogP contribution in [0.4, 0.5) is 0 Å². The maximum absolute atomic E-state index is 3.48. The van der Waals surface area contributed by atoms with Gasteiger partial charge >= 0.3 is 0 Å². The maximum atomic E-state index is 3.48. The van der Waals surface area contributed by atoms with Gasteiger partial charge in [0.1, 0.15) is 0 Å². The second kappa shape index (κ2) is 5.80. The number of benzene rings is 1. The first kappa shape index (κ1) is 12.1. The Morgan fingerprint density at radius 2 is 1.88 bits per heavy atom. The molecule has 1 unspecified atom stereocenters. The summed E-state index contributed by atoms with van der Waals surface area (Å²) in [5.74, 6) is 0.757. The molecular formula is C13H19BrN2. The average molecular weight is 283 g/mol. The SMILES string of the molecule is CNC(c1ccc(Br)cc1)C1CCNCC1. The van der Waals surface area contributed by atoms with Crippen molar-refractivity contribution >= 4 is 15.9 Å². The van der Waals surface area contributed by atoms with Gasteiger partial charge in [0, 0.05) is 10.5 Å². The third-order valence-electron chi connectivity index (χ3n) is 3.40. The standard InChI is InChI=1S/C13H19BrN2/c1-15-13(11-6-8-16-9-7-11)10-2-4-12(14)5-3-10/h2-5,11,13,15-16H,6-9H2,1H3. The summed E-state index contributed by atoms with van der Waals surface area (Å²) in [6.07, 6.45) is 2.53. The van der Waals surface area contributed by atoms with Gasteiger partial charge in [0.2, 0.25) is 0 Å². The zero-order chi connectivity index (χ0) is 11.4. The highest BCUT2D eigenvalue weighted by atomic mass is 79.9. The van der Waals surface area contributed by atoms with Gasteiger partial charge in [-0.2, -0.15) is 0 Å². The van der Waals surface area contributed by atoms with Crippen molar-refractivity contribution in [2.75, 3.05) is 20.1 Å². The third kappa shape index (κ3) is 2.84. The summed E-state index contributed by atoms with van der Waals surface area (Å²) in [4.78, 5) is 0. The Hall–Kier alpha value is -0.380. The topological polar surface area (TPSA) is 24.1 Å². The molecule has 1 fully saturated rings. The van der Waals surface area contributed by atoms with Crippen molar-refractivity contribution in [3.05, 3.63) is 34.3 Å². The van der Waals surface area contributed by atoms with Crippen molar-refractivity contribution in [2.45, 2.75) is 18.9 Å². The molecule has 3 heteroatoms. The van der Waals surface area contributed by atoms with Crippen LogP contribution in [0.15, 0.2) is 28.7 Å². The molecule has 88 valence electrons. The molecule has 2 nitrogen and oxygen atoms in total. The van der Waals surface area contributed by atoms with Crippen molar-refractivity contribution in [2.24, 2.45) is 5.92 Å². The van der Waals surface area contributed by atoms with Crippen LogP contribution in [0.2, 0.25) is 0 Å². The van der Waals surface area contributed by atoms with Crippen LogP contribution >= 0.6 is 15.9 Å². The lowest BCUT2D eigenvalue weighted by molar-refractivity contribution is 0.294. The van der Waals surface area contributed by atoms with E-state index in [1.165, 1.54) is 18.4 Å². The van der Waals surface area contributed by atoms with Gasteiger partial charge in [0.05, 0.1) is 0 Å². The number of piperidine rings is 1. The van der Waals surface area contributed by atoms with E-state index in [2.05, 4.69) is 57.9 Å². The molecule has 0 spiro atoms. The van der Waals surface area contributed by atoms with Crippen LogP contribution < -0.4 is 10.6 Å². The van der Waals surface area contributed by atoms with Gasteiger partial charge in [-0.15, -0.1) is 0 Å². The van der Waals surface area contributed by atoms with Gasteiger partial charge in [-0.05, 0) is 56.6 Å². The van der Waals surface area contributed by atoms with Crippen LogP contribution in [-0.2, 0) is 0 Å². The normalized spacial score (nSPS) is 19.6. The van der Waals surface area contributed by atoms with E-state index >= 15 is 0 Å². The van der Waals surface area contributed by atoms with Crippen molar-refractivity contribution in [1.29, 1.82) is 0 Å². The predicted molar refractivity (Wildman–Crippen MR) is 71.5 cm³/mol. The highest BCUT2D eigenvalue weighted by molar-refractivity contribution is 9.10. The fourth-order valence-electron chi connectivity index (χ4n) is 2.52. The fourth-order valence-corrected chi connectivity index (χ4v) is 2.79. The van der Waals surface area contributed by atoms with Gasteiger partial charge in [-0.3, -0.25) is 0 Å². The smallest absolute Gasteiger partial charge is 0.0347 e. The molecule has 2 rings (SSSR count). The number of hydrogen-bond donors (Lipinski definition) is 2. The van der Waals surface area contributed by atoms with Gasteiger partial charge in [-0.25, -0.2) is 0 Å². The monoisotopic (exact) mass is 282 g/mol. The number of halogens is 1. The van der Waals surface area contributed by atoms with E-state index in [1.807, 2.05) is 0 Å². The molecule has 16 heavy (non-hydrogen) atoms. The molecule has 1 heterocycles. The summed E-state index contributed by atoms with van der Waals surface area (Å²) in [5.41, 5.74) is 1.40. The zero-order valence-electron chi connectivity index (χ0n) is 9.67. The Morgan fingerprint density at radius 3 is 2.44 bits per heavy atom. The van der Waals surface area contributed by atoms with Crippen molar-refractivity contribution < 1.29 is 0 Å². The summed E-state index contributed by atoms with van der Waals surface area (Å²) in [6.45, 7) is 2.30. The number of hydrogen-bond acceptors (Lipinski definition) is 2. The lowest BCUT2D eigenvalue weighted by Crippen LogP contribution is -2.35. The first-order valence-corrected chi connectivity index (χ1v) is 6.74. The van der Waals surface area contributed by atoms with Crippen LogP contribution in [0.25, 0.3) is 0 Å². The van der Waals surface area contributed by atoms with Crippen molar-refractivity contribution in [3.8, 4) is 0 Å². The number of rotatable bonds is 3. The molecule has 1 aromatic carbocycles. The van der Waals surface area contributed by atoms with Crippen molar-refractivity contribution in [1.82, 2.24) is 10.6 Å². The lowest BCUT2D eigenvalue weighted by atomic mass is 9.86. The molecule has 1 aliphatic heterocycles. The number of nitrogens with one attached hydrogen (secondary N) is 2. The second-order valence-corrected chi connectivity index (χ2v) is 5.32. The average Bonchev–Trinajstić information content (AvgIpc) is 2.34. The molecule has 2 N–H and O–H groups in total. The Labute approximate surface area is 106 Å². The minimum atomic E-state index is 0.496. The van der Waals surface area contributed by atoms with E-state index < -0.39 is 0 Å². The quantitative estimate of drug-likeness (QED) is 0.891. The van der Waals surface area contributed by atoms with Gasteiger partial charge < -0.3 is 10.6 Å². The second-order valence-electron chi connectivity index (χ2n) is 4.41. The fraction of sp³-hybridized carbons (Fsp3) is 0.538. The van der Waals surface area contributed by atoms with Crippen LogP contribution in [0, 0.1) is 5.92 Å². The minimum Gasteiger partial charge on any atom is -0.317 e. The molecule has 0 saturated carbocycles. The van der Waals surface area contributed by atoms with Gasteiger partial charge in [0.15, 0.2) is 0 Å². The summed E-state index contributed by atoms with van der Waals surface area (Å²) in [6, 6.07) is 9.18. The Morgan fingerprint density at radius 1 is 1.25 bits per heavy atom. The molecule has 1 atom stereocenters. The summed E-state index contributed by atoms with van der Waals surface area (Å²) in [5, 5.41) is 6.88. The first-order chi connectivity index (χ1) is 7.81. The lowest BCUT2D eigenvalue weighted by Gasteiger charge is -2.30. The van der Waals surface area contributed by atoms with Crippen LogP contribution in [0.1, 0.15) is 24.4 Å². The molecule has 1 aromatic rings. The predicted octanol–water partition coefficient (Wildman–Crippen LogP) is 2.71. The first-order valence-electron chi connectivity index (χ1n) is 5.94. The molecule has 0 bridgehead atoms. The van der Waals surface area contributed by atoms with Crippen LogP contribution in [0.5, 0.6) is 0 Å². The Kier molecular flexibility index (Phi) is 4.38. The largest absolute Gasteiger partial charge is 0.317 e. The Bertz CT molecular complexity index is 317. The third-order valence-corrected chi connectivity index (χ3v) is 3.92. The Balaban J connectivity index is 2.11. The molecule has 1 aliphatic rings. The summed E-state index contributed by atoms with van der Waals surface area (Å²) in [7, 11) is 2.06. The van der Waals surface area contributed by atoms with E-state index in [0.717, 1.165) is 23.5 Å². The van der Waals surface area contributed by atoms with Crippen molar-refractivity contribution in [3.63, 3.8) is 0 Å². The molecular weight excluding hydrogens is 264 g/mol. The van der Waals surface area contributed by atoms with E-state index in [9.17, 15) is 0 Å². The zero-order valence-corrected chi connectivity index (χ0v) is 11.3. The van der Waals surface area contributed by atoms with Crippen LogP contribution in [0.3, 0.4) is 0 Å². The van der Waals surface area contributed by atoms with Gasteiger partial charge in [0.25, 0.3) is 0 Å². The van der Waals surface area contributed by atoms with E-state index in [0.29, 0.717) is 6.04 Å². The van der Waals surface area contributed by atoms with E-state index in [1.54, 1.807) is 0 Å².